The number of carbonyl (C=O) groups is 2. The van der Waals surface area contributed by atoms with Crippen molar-refractivity contribution in [3.05, 3.63) is 94.1 Å². The Morgan fingerprint density at radius 1 is 1.05 bits per heavy atom. The smallest absolute Gasteiger partial charge is 0.319 e. The first-order valence-corrected chi connectivity index (χ1v) is 14.1. The number of amides is 3. The van der Waals surface area contributed by atoms with Gasteiger partial charge in [-0.15, -0.1) is 0 Å². The molecule has 2 heterocycles. The molecule has 0 bridgehead atoms. The van der Waals surface area contributed by atoms with Crippen LogP contribution in [0, 0.1) is 5.92 Å². The normalized spacial score (nSPS) is 16.4. The molecule has 208 valence electrons. The average Bonchev–Trinajstić information content (AvgIpc) is 3.35. The van der Waals surface area contributed by atoms with Crippen LogP contribution in [0.15, 0.2) is 72.9 Å². The third kappa shape index (κ3) is 6.12. The van der Waals surface area contributed by atoms with Gasteiger partial charge in [-0.1, -0.05) is 48.3 Å². The molecule has 0 radical (unpaired) electrons. The van der Waals surface area contributed by atoms with Crippen molar-refractivity contribution in [3.63, 3.8) is 0 Å². The van der Waals surface area contributed by atoms with Crippen LogP contribution in [0.5, 0.6) is 0 Å². The number of nitrogens with one attached hydrogen (secondary N) is 3. The summed E-state index contributed by atoms with van der Waals surface area (Å²) in [5, 5.41) is 8.08. The molecule has 4 aromatic rings. The number of aromatic amines is 1. The minimum absolute atomic E-state index is 0.170. The number of halogens is 2. The zero-order valence-corrected chi connectivity index (χ0v) is 24.3. The molecule has 1 aliphatic heterocycles. The molecule has 5 rings (SSSR count). The predicted molar refractivity (Wildman–Crippen MR) is 164 cm³/mol. The molecule has 40 heavy (non-hydrogen) atoms. The summed E-state index contributed by atoms with van der Waals surface area (Å²) < 4.78 is 0. The van der Waals surface area contributed by atoms with Crippen molar-refractivity contribution in [1.82, 2.24) is 15.2 Å². The highest BCUT2D eigenvalue weighted by molar-refractivity contribution is 6.31. The van der Waals surface area contributed by atoms with E-state index in [9.17, 15) is 9.59 Å². The summed E-state index contributed by atoms with van der Waals surface area (Å²) in [5.74, 6) is -0.280. The highest BCUT2D eigenvalue weighted by Crippen LogP contribution is 2.35. The van der Waals surface area contributed by atoms with E-state index in [2.05, 4.69) is 20.5 Å². The zero-order chi connectivity index (χ0) is 28.4. The van der Waals surface area contributed by atoms with Crippen LogP contribution in [0.25, 0.3) is 10.9 Å². The summed E-state index contributed by atoms with van der Waals surface area (Å²) in [6.45, 7) is 3.34. The number of fused-ring (bicyclic) bond motifs is 2. The summed E-state index contributed by atoms with van der Waals surface area (Å²) in [6.07, 6.45) is 2.75. The number of urea groups is 1. The van der Waals surface area contributed by atoms with Crippen LogP contribution < -0.4 is 15.5 Å². The molecule has 2 unspecified atom stereocenters. The van der Waals surface area contributed by atoms with Crippen molar-refractivity contribution >= 4 is 57.4 Å². The Morgan fingerprint density at radius 2 is 1.77 bits per heavy atom. The highest BCUT2D eigenvalue weighted by atomic mass is 35.5. The van der Waals surface area contributed by atoms with Gasteiger partial charge in [0.05, 0.1) is 0 Å². The molecule has 0 aliphatic carbocycles. The summed E-state index contributed by atoms with van der Waals surface area (Å²) in [6, 6.07) is 19.2. The molecular formula is C31H33Cl2N5O2. The molecule has 0 fully saturated rings. The maximum Gasteiger partial charge on any atom is 0.319 e. The molecule has 0 saturated heterocycles. The number of carbonyl (C=O) groups excluding carboxylic acids is 2. The number of nitrogens with zero attached hydrogens (tertiary/aromatic N) is 2. The fourth-order valence-electron chi connectivity index (χ4n) is 5.62. The van der Waals surface area contributed by atoms with E-state index in [0.717, 1.165) is 40.7 Å². The predicted octanol–water partition coefficient (Wildman–Crippen LogP) is 6.54. The van der Waals surface area contributed by atoms with Gasteiger partial charge in [0.1, 0.15) is 6.04 Å². The number of benzene rings is 3. The maximum absolute atomic E-state index is 14.5. The van der Waals surface area contributed by atoms with E-state index in [1.54, 1.807) is 24.3 Å². The van der Waals surface area contributed by atoms with Gasteiger partial charge in [-0.2, -0.15) is 0 Å². The molecular weight excluding hydrogens is 545 g/mol. The Labute approximate surface area is 244 Å². The number of aromatic nitrogens is 1. The monoisotopic (exact) mass is 577 g/mol. The molecule has 3 aromatic carbocycles. The lowest BCUT2D eigenvalue weighted by Crippen LogP contribution is -2.54. The van der Waals surface area contributed by atoms with Gasteiger partial charge in [0.2, 0.25) is 5.91 Å². The lowest BCUT2D eigenvalue weighted by molar-refractivity contribution is -0.121. The Bertz CT molecular complexity index is 1520. The standard InChI is InChI=1S/C31H33Cl2N5O2/c1-19(26-16-34-27-7-5-4-6-25(26)27)29(36-31(40)35-24-11-8-22(32)9-12-24)30(39)38-18-20(17-37(2)3)14-21-15-23(33)10-13-28(21)38/h4-13,15-16,19-20,29,34H,14,17-18H2,1-3H3,(H2,35,36,40)/t19?,20-,29?/m1/s1. The van der Waals surface area contributed by atoms with E-state index in [1.165, 1.54) is 0 Å². The Hall–Kier alpha value is -3.52. The number of para-hydroxylation sites is 1. The quantitative estimate of drug-likeness (QED) is 0.233. The lowest BCUT2D eigenvalue weighted by atomic mass is 9.88. The molecule has 7 nitrogen and oxygen atoms in total. The number of hydrogen-bond acceptors (Lipinski definition) is 3. The average molecular weight is 579 g/mol. The molecule has 0 spiro atoms. The summed E-state index contributed by atoms with van der Waals surface area (Å²) >= 11 is 12.4. The molecule has 9 heteroatoms. The third-order valence-corrected chi connectivity index (χ3v) is 7.92. The van der Waals surface area contributed by atoms with Crippen molar-refractivity contribution in [3.8, 4) is 0 Å². The second-order valence-corrected chi connectivity index (χ2v) is 11.6. The number of anilines is 2. The minimum atomic E-state index is -0.840. The van der Waals surface area contributed by atoms with Crippen LogP contribution in [-0.2, 0) is 11.2 Å². The van der Waals surface area contributed by atoms with Gasteiger partial charge >= 0.3 is 6.03 Å². The second-order valence-electron chi connectivity index (χ2n) is 10.7. The Morgan fingerprint density at radius 3 is 2.52 bits per heavy atom. The topological polar surface area (TPSA) is 80.5 Å². The highest BCUT2D eigenvalue weighted by Gasteiger charge is 2.37. The zero-order valence-electron chi connectivity index (χ0n) is 22.7. The van der Waals surface area contributed by atoms with E-state index < -0.39 is 12.1 Å². The van der Waals surface area contributed by atoms with Crippen molar-refractivity contribution < 1.29 is 9.59 Å². The van der Waals surface area contributed by atoms with Gasteiger partial charge < -0.3 is 25.4 Å². The summed E-state index contributed by atoms with van der Waals surface area (Å²) in [7, 11) is 4.06. The SMILES string of the molecule is CC(c1c[nH]c2ccccc12)C(NC(=O)Nc1ccc(Cl)cc1)C(=O)N1C[C@@H](CN(C)C)Cc2cc(Cl)ccc21. The van der Waals surface area contributed by atoms with Gasteiger partial charge in [-0.3, -0.25) is 4.79 Å². The lowest BCUT2D eigenvalue weighted by Gasteiger charge is -2.38. The first-order chi connectivity index (χ1) is 19.2. The van der Waals surface area contributed by atoms with Gasteiger partial charge in [-0.05, 0) is 86.1 Å². The molecule has 0 saturated carbocycles. The first kappa shape index (κ1) is 28.0. The van der Waals surface area contributed by atoms with Crippen LogP contribution in [0.4, 0.5) is 16.2 Å². The van der Waals surface area contributed by atoms with E-state index >= 15 is 0 Å². The fourth-order valence-corrected chi connectivity index (χ4v) is 5.94. The van der Waals surface area contributed by atoms with Crippen LogP contribution in [0.2, 0.25) is 10.0 Å². The van der Waals surface area contributed by atoms with E-state index in [-0.39, 0.29) is 17.7 Å². The summed E-state index contributed by atoms with van der Waals surface area (Å²) in [4.78, 5) is 35.0. The maximum atomic E-state index is 14.5. The fraction of sp³-hybridized carbons (Fsp3) is 0.290. The minimum Gasteiger partial charge on any atom is -0.361 e. The number of H-pyrrole nitrogens is 1. The van der Waals surface area contributed by atoms with Crippen LogP contribution >= 0.6 is 23.2 Å². The van der Waals surface area contributed by atoms with Crippen molar-refractivity contribution in [2.24, 2.45) is 5.92 Å². The van der Waals surface area contributed by atoms with E-state index in [1.807, 2.05) is 74.6 Å². The van der Waals surface area contributed by atoms with Crippen LogP contribution in [0.1, 0.15) is 24.0 Å². The van der Waals surface area contributed by atoms with Gasteiger partial charge in [-0.25, -0.2) is 4.79 Å². The molecule has 3 amide bonds. The number of hydrogen-bond donors (Lipinski definition) is 3. The van der Waals surface area contributed by atoms with Crippen LogP contribution in [0.3, 0.4) is 0 Å². The molecule has 1 aromatic heterocycles. The summed E-state index contributed by atoms with van der Waals surface area (Å²) in [5.41, 5.74) is 4.38. The number of rotatable bonds is 7. The molecule has 1 aliphatic rings. The van der Waals surface area contributed by atoms with Gasteiger partial charge in [0.15, 0.2) is 0 Å². The Kier molecular flexibility index (Phi) is 8.35. The van der Waals surface area contributed by atoms with Crippen molar-refractivity contribution in [2.45, 2.75) is 25.3 Å². The molecule has 3 N–H and O–H groups in total. The largest absolute Gasteiger partial charge is 0.361 e. The van der Waals surface area contributed by atoms with Crippen LogP contribution in [-0.4, -0.2) is 55.0 Å². The van der Waals surface area contributed by atoms with Gasteiger partial charge in [0, 0.05) is 57.5 Å². The second kappa shape index (κ2) is 11.9. The Balaban J connectivity index is 1.50. The molecule has 3 atom stereocenters. The van der Waals surface area contributed by atoms with Crippen molar-refractivity contribution in [2.75, 3.05) is 37.4 Å². The van der Waals surface area contributed by atoms with E-state index in [0.29, 0.717) is 22.3 Å². The van der Waals surface area contributed by atoms with Gasteiger partial charge in [0.25, 0.3) is 0 Å². The third-order valence-electron chi connectivity index (χ3n) is 7.44. The first-order valence-electron chi connectivity index (χ1n) is 13.3. The van der Waals surface area contributed by atoms with Crippen molar-refractivity contribution in [1.29, 1.82) is 0 Å². The van der Waals surface area contributed by atoms with E-state index in [4.69, 9.17) is 23.2 Å².